The zero-order valence-corrected chi connectivity index (χ0v) is 10.4. The fraction of sp³-hybridized carbons (Fsp3) is 0.333. The van der Waals surface area contributed by atoms with Crippen molar-refractivity contribution in [1.82, 2.24) is 0 Å². The van der Waals surface area contributed by atoms with Gasteiger partial charge in [0, 0.05) is 10.0 Å². The van der Waals surface area contributed by atoms with Crippen molar-refractivity contribution in [2.45, 2.75) is 17.4 Å². The van der Waals surface area contributed by atoms with Crippen LogP contribution in [0.15, 0.2) is 28.7 Å². The number of hydrogen-bond acceptors (Lipinski definition) is 1. The number of hydrogen-bond donors (Lipinski definition) is 1. The zero-order valence-electron chi connectivity index (χ0n) is 7.27. The van der Waals surface area contributed by atoms with E-state index in [4.69, 9.17) is 0 Å². The van der Waals surface area contributed by atoms with Crippen LogP contribution in [0.2, 0.25) is 0 Å². The first-order valence-electron chi connectivity index (χ1n) is 3.81. The molecule has 14 heavy (non-hydrogen) atoms. The quantitative estimate of drug-likeness (QED) is 0.821. The molecule has 0 heterocycles. The molecular weight excluding hydrogens is 322 g/mol. The fourth-order valence-electron chi connectivity index (χ4n) is 1.01. The second-order valence-electron chi connectivity index (χ2n) is 3.05. The predicted octanol–water partition coefficient (Wildman–Crippen LogP) is 3.64. The van der Waals surface area contributed by atoms with Gasteiger partial charge in [0.15, 0.2) is 5.60 Å². The van der Waals surface area contributed by atoms with Gasteiger partial charge in [-0.1, -0.05) is 34.1 Å². The average Bonchev–Trinajstić information content (AvgIpc) is 2.02. The molecule has 1 unspecified atom stereocenters. The minimum atomic E-state index is -3.37. The molecule has 0 aliphatic rings. The van der Waals surface area contributed by atoms with Crippen molar-refractivity contribution in [1.29, 1.82) is 0 Å². The van der Waals surface area contributed by atoms with E-state index in [1.54, 1.807) is 18.2 Å². The van der Waals surface area contributed by atoms with E-state index in [-0.39, 0.29) is 5.56 Å². The lowest BCUT2D eigenvalue weighted by atomic mass is 9.97. The molecule has 1 N–H and O–H groups in total. The van der Waals surface area contributed by atoms with E-state index < -0.39 is 10.4 Å². The molecule has 1 aromatic rings. The molecule has 0 fully saturated rings. The van der Waals surface area contributed by atoms with Gasteiger partial charge in [-0.15, -0.1) is 0 Å². The van der Waals surface area contributed by atoms with Crippen LogP contribution in [0.25, 0.3) is 0 Å². The molecule has 0 saturated carbocycles. The van der Waals surface area contributed by atoms with Crippen molar-refractivity contribution in [3.63, 3.8) is 0 Å². The molecule has 1 aromatic carbocycles. The van der Waals surface area contributed by atoms with Crippen LogP contribution in [-0.4, -0.2) is 9.94 Å². The van der Waals surface area contributed by atoms with Gasteiger partial charge in [-0.3, -0.25) is 0 Å². The lowest BCUT2D eigenvalue weighted by molar-refractivity contribution is -0.109. The second-order valence-corrected chi connectivity index (χ2v) is 4.90. The minimum absolute atomic E-state index is 0.141. The van der Waals surface area contributed by atoms with Gasteiger partial charge in [-0.05, 0) is 28.9 Å². The highest BCUT2D eigenvalue weighted by Gasteiger charge is 2.48. The molecule has 0 bridgehead atoms. The first-order valence-corrected chi connectivity index (χ1v) is 5.39. The van der Waals surface area contributed by atoms with Crippen LogP contribution in [0.3, 0.4) is 0 Å². The summed E-state index contributed by atoms with van der Waals surface area (Å²) in [5.41, 5.74) is -2.10. The fourth-order valence-corrected chi connectivity index (χ4v) is 1.89. The number of rotatable bonds is 2. The van der Waals surface area contributed by atoms with Crippen LogP contribution < -0.4 is 0 Å². The highest BCUT2D eigenvalue weighted by Crippen LogP contribution is 2.44. The molecule has 0 aliphatic heterocycles. The Hall–Kier alpha value is -0.000000000000000111. The van der Waals surface area contributed by atoms with Crippen molar-refractivity contribution in [3.05, 3.63) is 34.3 Å². The number of halogens is 4. The molecule has 78 valence electrons. The Morgan fingerprint density at radius 3 is 2.21 bits per heavy atom. The summed E-state index contributed by atoms with van der Waals surface area (Å²) in [5, 5.41) is 9.68. The van der Waals surface area contributed by atoms with Gasteiger partial charge in [-0.25, -0.2) is 0 Å². The Morgan fingerprint density at radius 2 is 1.79 bits per heavy atom. The molecular formula is C9H8Br2F2O. The van der Waals surface area contributed by atoms with E-state index in [0.29, 0.717) is 4.47 Å². The van der Waals surface area contributed by atoms with Crippen LogP contribution in [-0.2, 0) is 5.60 Å². The topological polar surface area (TPSA) is 20.2 Å². The van der Waals surface area contributed by atoms with E-state index in [2.05, 4.69) is 31.9 Å². The van der Waals surface area contributed by atoms with Crippen molar-refractivity contribution in [2.75, 3.05) is 0 Å². The zero-order chi connectivity index (χ0) is 11.0. The molecule has 0 spiro atoms. The van der Waals surface area contributed by atoms with Crippen LogP contribution in [0.1, 0.15) is 12.5 Å². The van der Waals surface area contributed by atoms with Gasteiger partial charge >= 0.3 is 4.83 Å². The molecule has 0 saturated heterocycles. The normalized spacial score (nSPS) is 16.4. The SMILES string of the molecule is CC(O)(c1ccccc1Br)C(F)(F)Br. The minimum Gasteiger partial charge on any atom is -0.378 e. The Labute approximate surface area is 97.4 Å². The van der Waals surface area contributed by atoms with E-state index in [0.717, 1.165) is 6.92 Å². The molecule has 0 amide bonds. The first-order chi connectivity index (χ1) is 6.27. The van der Waals surface area contributed by atoms with E-state index in [9.17, 15) is 13.9 Å². The highest BCUT2D eigenvalue weighted by atomic mass is 79.9. The molecule has 1 nitrogen and oxygen atoms in total. The van der Waals surface area contributed by atoms with E-state index in [1.807, 2.05) is 0 Å². The summed E-state index contributed by atoms with van der Waals surface area (Å²) in [7, 11) is 0. The summed E-state index contributed by atoms with van der Waals surface area (Å²) in [5.74, 6) is 0. The standard InChI is InChI=1S/C9H8Br2F2O/c1-8(14,9(11,12)13)6-4-2-3-5-7(6)10/h2-5,14H,1H3. The third-order valence-corrected chi connectivity index (χ3v) is 3.41. The van der Waals surface area contributed by atoms with Crippen LogP contribution >= 0.6 is 31.9 Å². The molecule has 1 rings (SSSR count). The van der Waals surface area contributed by atoms with Crippen LogP contribution in [0.4, 0.5) is 8.78 Å². The Balaban J connectivity index is 3.23. The summed E-state index contributed by atoms with van der Waals surface area (Å²) in [6, 6.07) is 6.32. The Bertz CT molecular complexity index is 334. The lowest BCUT2D eigenvalue weighted by Gasteiger charge is -2.29. The maximum Gasteiger partial charge on any atom is 0.333 e. The van der Waals surface area contributed by atoms with Crippen molar-refractivity contribution >= 4 is 31.9 Å². The summed E-state index contributed by atoms with van der Waals surface area (Å²) >= 11 is 5.28. The largest absolute Gasteiger partial charge is 0.378 e. The molecule has 0 aromatic heterocycles. The maximum atomic E-state index is 13.0. The van der Waals surface area contributed by atoms with E-state index >= 15 is 0 Å². The average molecular weight is 330 g/mol. The molecule has 0 radical (unpaired) electrons. The van der Waals surface area contributed by atoms with Crippen molar-refractivity contribution < 1.29 is 13.9 Å². The third kappa shape index (κ3) is 2.15. The number of alkyl halides is 3. The van der Waals surface area contributed by atoms with Crippen LogP contribution in [0.5, 0.6) is 0 Å². The number of benzene rings is 1. The molecule has 1 atom stereocenters. The smallest absolute Gasteiger partial charge is 0.333 e. The molecule has 5 heteroatoms. The summed E-state index contributed by atoms with van der Waals surface area (Å²) in [6.07, 6.45) is 0. The maximum absolute atomic E-state index is 13.0. The van der Waals surface area contributed by atoms with Gasteiger partial charge in [0.05, 0.1) is 0 Å². The van der Waals surface area contributed by atoms with Gasteiger partial charge in [0.2, 0.25) is 0 Å². The Morgan fingerprint density at radius 1 is 1.29 bits per heavy atom. The van der Waals surface area contributed by atoms with Crippen LogP contribution in [0, 0.1) is 0 Å². The highest BCUT2D eigenvalue weighted by molar-refractivity contribution is 9.10. The first kappa shape index (κ1) is 12.1. The predicted molar refractivity (Wildman–Crippen MR) is 57.6 cm³/mol. The Kier molecular flexibility index (Phi) is 3.33. The van der Waals surface area contributed by atoms with Crippen molar-refractivity contribution in [2.24, 2.45) is 0 Å². The van der Waals surface area contributed by atoms with E-state index in [1.165, 1.54) is 6.07 Å². The summed E-state index contributed by atoms with van der Waals surface area (Å²) in [6.45, 7) is 1.06. The second kappa shape index (κ2) is 3.87. The number of aliphatic hydroxyl groups is 1. The van der Waals surface area contributed by atoms with Gasteiger partial charge < -0.3 is 5.11 Å². The van der Waals surface area contributed by atoms with Crippen molar-refractivity contribution in [3.8, 4) is 0 Å². The summed E-state index contributed by atoms with van der Waals surface area (Å²) < 4.78 is 26.5. The third-order valence-electron chi connectivity index (χ3n) is 1.95. The monoisotopic (exact) mass is 328 g/mol. The van der Waals surface area contributed by atoms with Gasteiger partial charge in [0.25, 0.3) is 0 Å². The molecule has 0 aliphatic carbocycles. The summed E-state index contributed by atoms with van der Waals surface area (Å²) in [4.78, 5) is -3.37. The van der Waals surface area contributed by atoms with Gasteiger partial charge in [-0.2, -0.15) is 8.78 Å². The lowest BCUT2D eigenvalue weighted by Crippen LogP contribution is -2.38. The van der Waals surface area contributed by atoms with Gasteiger partial charge in [0.1, 0.15) is 0 Å².